The fraction of sp³-hybridized carbons (Fsp3) is 0.316. The van der Waals surface area contributed by atoms with Crippen LogP contribution in [0.4, 0.5) is 9.18 Å². The van der Waals surface area contributed by atoms with Gasteiger partial charge >= 0.3 is 6.03 Å². The minimum atomic E-state index is -0.255. The second-order valence-corrected chi connectivity index (χ2v) is 5.51. The highest BCUT2D eigenvalue weighted by molar-refractivity contribution is 5.74. The van der Waals surface area contributed by atoms with Crippen LogP contribution in [-0.2, 0) is 6.42 Å². The minimum absolute atomic E-state index is 0.0540. The van der Waals surface area contributed by atoms with Gasteiger partial charge in [-0.05, 0) is 48.2 Å². The number of nitrogens with one attached hydrogen (secondary N) is 2. The van der Waals surface area contributed by atoms with Gasteiger partial charge in [0.2, 0.25) is 0 Å². The van der Waals surface area contributed by atoms with Crippen molar-refractivity contribution in [3.05, 3.63) is 65.5 Å². The Kier molecular flexibility index (Phi) is 6.61. The number of hydrogen-bond acceptors (Lipinski definition) is 2. The van der Waals surface area contributed by atoms with Gasteiger partial charge in [0.1, 0.15) is 11.6 Å². The number of carbonyl (C=O) groups is 1. The molecule has 0 saturated carbocycles. The number of carbonyl (C=O) groups excluding carboxylic acids is 1. The molecule has 0 aromatic heterocycles. The molecule has 0 bridgehead atoms. The van der Waals surface area contributed by atoms with Crippen molar-refractivity contribution < 1.29 is 13.9 Å². The molecule has 1 unspecified atom stereocenters. The summed E-state index contributed by atoms with van der Waals surface area (Å²) in [6, 6.07) is 13.7. The SMILES string of the molecule is CCC(NC(=O)NCCc1ccc(F)cc1)c1ccc(OC)cc1. The Morgan fingerprint density at radius 2 is 1.79 bits per heavy atom. The average Bonchev–Trinajstić information content (AvgIpc) is 2.61. The highest BCUT2D eigenvalue weighted by atomic mass is 19.1. The van der Waals surface area contributed by atoms with E-state index in [9.17, 15) is 9.18 Å². The first-order chi connectivity index (χ1) is 11.6. The number of amides is 2. The van der Waals surface area contributed by atoms with Gasteiger partial charge in [-0.25, -0.2) is 9.18 Å². The summed E-state index contributed by atoms with van der Waals surface area (Å²) in [5.74, 6) is 0.534. The van der Waals surface area contributed by atoms with Crippen LogP contribution in [-0.4, -0.2) is 19.7 Å². The van der Waals surface area contributed by atoms with Gasteiger partial charge in [-0.15, -0.1) is 0 Å². The number of hydrogen-bond donors (Lipinski definition) is 2. The predicted molar refractivity (Wildman–Crippen MR) is 92.7 cm³/mol. The molecule has 0 saturated heterocycles. The number of rotatable bonds is 7. The largest absolute Gasteiger partial charge is 0.497 e. The van der Waals surface area contributed by atoms with Crippen molar-refractivity contribution in [2.24, 2.45) is 0 Å². The lowest BCUT2D eigenvalue weighted by Crippen LogP contribution is -2.38. The summed E-state index contributed by atoms with van der Waals surface area (Å²) in [6.07, 6.45) is 1.45. The molecule has 2 aromatic carbocycles. The molecule has 0 fully saturated rings. The molecule has 2 rings (SSSR count). The normalized spacial score (nSPS) is 11.6. The van der Waals surface area contributed by atoms with Gasteiger partial charge in [-0.1, -0.05) is 31.2 Å². The molecule has 2 N–H and O–H groups in total. The van der Waals surface area contributed by atoms with Crippen LogP contribution in [0.25, 0.3) is 0 Å². The zero-order valence-corrected chi connectivity index (χ0v) is 14.0. The Labute approximate surface area is 142 Å². The van der Waals surface area contributed by atoms with Gasteiger partial charge < -0.3 is 15.4 Å². The third-order valence-corrected chi connectivity index (χ3v) is 3.84. The molecular weight excluding hydrogens is 307 g/mol. The smallest absolute Gasteiger partial charge is 0.315 e. The first-order valence-corrected chi connectivity index (χ1v) is 8.05. The Morgan fingerprint density at radius 1 is 1.12 bits per heavy atom. The average molecular weight is 330 g/mol. The molecule has 2 amide bonds. The van der Waals surface area contributed by atoms with Crippen molar-refractivity contribution in [3.63, 3.8) is 0 Å². The topological polar surface area (TPSA) is 50.4 Å². The molecule has 4 nitrogen and oxygen atoms in total. The maximum atomic E-state index is 12.8. The summed E-state index contributed by atoms with van der Waals surface area (Å²) < 4.78 is 18.0. The zero-order chi connectivity index (χ0) is 17.4. The quantitative estimate of drug-likeness (QED) is 0.811. The van der Waals surface area contributed by atoms with Crippen molar-refractivity contribution in [2.45, 2.75) is 25.8 Å². The Balaban J connectivity index is 1.81. The first kappa shape index (κ1) is 17.8. The van der Waals surface area contributed by atoms with Gasteiger partial charge in [0, 0.05) is 6.54 Å². The first-order valence-electron chi connectivity index (χ1n) is 8.05. The molecule has 0 heterocycles. The highest BCUT2D eigenvalue weighted by Gasteiger charge is 2.12. The molecule has 2 aromatic rings. The summed E-state index contributed by atoms with van der Waals surface area (Å²) in [4.78, 5) is 12.0. The third kappa shape index (κ3) is 5.26. The lowest BCUT2D eigenvalue weighted by atomic mass is 10.0. The summed E-state index contributed by atoms with van der Waals surface area (Å²) in [7, 11) is 1.62. The van der Waals surface area contributed by atoms with Gasteiger partial charge in [-0.2, -0.15) is 0 Å². The number of ether oxygens (including phenoxy) is 1. The lowest BCUT2D eigenvalue weighted by molar-refractivity contribution is 0.237. The molecule has 1 atom stereocenters. The minimum Gasteiger partial charge on any atom is -0.497 e. The van der Waals surface area contributed by atoms with E-state index < -0.39 is 0 Å². The summed E-state index contributed by atoms with van der Waals surface area (Å²) in [6.45, 7) is 2.52. The number of halogens is 1. The second-order valence-electron chi connectivity index (χ2n) is 5.51. The van der Waals surface area contributed by atoms with Crippen molar-refractivity contribution in [2.75, 3.05) is 13.7 Å². The Hall–Kier alpha value is -2.56. The molecular formula is C19H23FN2O2. The van der Waals surface area contributed by atoms with E-state index in [1.165, 1.54) is 12.1 Å². The van der Waals surface area contributed by atoms with Crippen molar-refractivity contribution >= 4 is 6.03 Å². The predicted octanol–water partition coefficient (Wildman–Crippen LogP) is 3.83. The number of urea groups is 1. The molecule has 0 aliphatic heterocycles. The standard InChI is InChI=1S/C19H23FN2O2/c1-3-18(15-6-10-17(24-2)11-7-15)22-19(23)21-13-12-14-4-8-16(20)9-5-14/h4-11,18H,3,12-13H2,1-2H3,(H2,21,22,23). The summed E-state index contributed by atoms with van der Waals surface area (Å²) in [5, 5.41) is 5.80. The van der Waals surface area contributed by atoms with Gasteiger partial charge in [0.25, 0.3) is 0 Å². The highest BCUT2D eigenvalue weighted by Crippen LogP contribution is 2.19. The van der Waals surface area contributed by atoms with Gasteiger partial charge in [0.15, 0.2) is 0 Å². The van der Waals surface area contributed by atoms with Crippen LogP contribution in [0.15, 0.2) is 48.5 Å². The van der Waals surface area contributed by atoms with E-state index in [0.717, 1.165) is 23.3 Å². The Bertz CT molecular complexity index is 641. The maximum absolute atomic E-state index is 12.8. The molecule has 0 radical (unpaired) electrons. The van der Waals surface area contributed by atoms with Crippen LogP contribution in [0.1, 0.15) is 30.5 Å². The van der Waals surface area contributed by atoms with Crippen LogP contribution in [0.3, 0.4) is 0 Å². The van der Waals surface area contributed by atoms with Crippen molar-refractivity contribution in [3.8, 4) is 5.75 Å². The fourth-order valence-corrected chi connectivity index (χ4v) is 2.44. The van der Waals surface area contributed by atoms with E-state index in [1.54, 1.807) is 19.2 Å². The van der Waals surface area contributed by atoms with Crippen LogP contribution in [0, 0.1) is 5.82 Å². The lowest BCUT2D eigenvalue weighted by Gasteiger charge is -2.18. The van der Waals surface area contributed by atoms with E-state index in [2.05, 4.69) is 10.6 Å². The van der Waals surface area contributed by atoms with E-state index in [0.29, 0.717) is 13.0 Å². The number of benzene rings is 2. The molecule has 0 spiro atoms. The molecule has 0 aliphatic rings. The second kappa shape index (κ2) is 8.91. The van der Waals surface area contributed by atoms with Crippen molar-refractivity contribution in [1.29, 1.82) is 0 Å². The molecule has 128 valence electrons. The monoisotopic (exact) mass is 330 g/mol. The van der Waals surface area contributed by atoms with Crippen LogP contribution in [0.5, 0.6) is 5.75 Å². The van der Waals surface area contributed by atoms with E-state index >= 15 is 0 Å². The maximum Gasteiger partial charge on any atom is 0.315 e. The zero-order valence-electron chi connectivity index (χ0n) is 14.0. The molecule has 0 aliphatic carbocycles. The van der Waals surface area contributed by atoms with Crippen LogP contribution >= 0.6 is 0 Å². The van der Waals surface area contributed by atoms with E-state index in [4.69, 9.17) is 4.74 Å². The number of methoxy groups -OCH3 is 1. The third-order valence-electron chi connectivity index (χ3n) is 3.84. The Morgan fingerprint density at radius 3 is 2.38 bits per heavy atom. The van der Waals surface area contributed by atoms with Crippen LogP contribution < -0.4 is 15.4 Å². The van der Waals surface area contributed by atoms with Crippen LogP contribution in [0.2, 0.25) is 0 Å². The fourth-order valence-electron chi connectivity index (χ4n) is 2.44. The summed E-state index contributed by atoms with van der Waals surface area (Å²) >= 11 is 0. The molecule has 5 heteroatoms. The van der Waals surface area contributed by atoms with E-state index in [1.807, 2.05) is 31.2 Å². The van der Waals surface area contributed by atoms with E-state index in [-0.39, 0.29) is 17.9 Å². The molecule has 24 heavy (non-hydrogen) atoms. The van der Waals surface area contributed by atoms with Gasteiger partial charge in [0.05, 0.1) is 13.2 Å². The van der Waals surface area contributed by atoms with Crippen molar-refractivity contribution in [1.82, 2.24) is 10.6 Å². The van der Waals surface area contributed by atoms with Gasteiger partial charge in [-0.3, -0.25) is 0 Å². The summed E-state index contributed by atoms with van der Waals surface area (Å²) in [5.41, 5.74) is 2.02.